The number of aliphatic carboxylic acids is 1. The molecular weight excluding hydrogens is 262 g/mol. The lowest BCUT2D eigenvalue weighted by Gasteiger charge is -2.23. The SMILES string of the molecule is CC(C)(C)CC(CNC(=O)NC1CNC(=O)C1)C(=O)O. The second-order valence-electron chi connectivity index (χ2n) is 6.36. The van der Waals surface area contributed by atoms with Crippen molar-refractivity contribution in [3.63, 3.8) is 0 Å². The zero-order valence-electron chi connectivity index (χ0n) is 12.2. The number of hydrogen-bond acceptors (Lipinski definition) is 3. The summed E-state index contributed by atoms with van der Waals surface area (Å²) in [4.78, 5) is 33.8. The van der Waals surface area contributed by atoms with Crippen LogP contribution in [0, 0.1) is 11.3 Å². The third-order valence-electron chi connectivity index (χ3n) is 3.03. The van der Waals surface area contributed by atoms with Crippen molar-refractivity contribution in [1.82, 2.24) is 16.0 Å². The Morgan fingerprint density at radius 1 is 1.45 bits per heavy atom. The Balaban J connectivity index is 2.37. The van der Waals surface area contributed by atoms with Crippen molar-refractivity contribution in [3.8, 4) is 0 Å². The first kappa shape index (κ1) is 16.3. The van der Waals surface area contributed by atoms with E-state index in [2.05, 4.69) is 16.0 Å². The molecule has 0 spiro atoms. The second kappa shape index (κ2) is 6.58. The molecule has 0 aromatic heterocycles. The zero-order valence-corrected chi connectivity index (χ0v) is 12.2. The third-order valence-corrected chi connectivity index (χ3v) is 3.03. The number of carboxylic acids is 1. The number of rotatable bonds is 5. The van der Waals surface area contributed by atoms with Crippen LogP contribution in [0.4, 0.5) is 4.79 Å². The number of hydrogen-bond donors (Lipinski definition) is 4. The van der Waals surface area contributed by atoms with Gasteiger partial charge < -0.3 is 21.1 Å². The van der Waals surface area contributed by atoms with E-state index in [9.17, 15) is 14.4 Å². The van der Waals surface area contributed by atoms with Gasteiger partial charge in [0.2, 0.25) is 5.91 Å². The lowest BCUT2D eigenvalue weighted by molar-refractivity contribution is -0.142. The fraction of sp³-hybridized carbons (Fsp3) is 0.769. The molecule has 7 heteroatoms. The smallest absolute Gasteiger partial charge is 0.315 e. The number of carboxylic acid groups (broad SMARTS) is 1. The summed E-state index contributed by atoms with van der Waals surface area (Å²) in [6.07, 6.45) is 0.740. The van der Waals surface area contributed by atoms with E-state index < -0.39 is 17.9 Å². The molecule has 2 atom stereocenters. The number of nitrogens with one attached hydrogen (secondary N) is 3. The Morgan fingerprint density at radius 2 is 2.10 bits per heavy atom. The molecule has 0 saturated carbocycles. The lowest BCUT2D eigenvalue weighted by atomic mass is 9.84. The molecule has 0 bridgehead atoms. The normalized spacial score (nSPS) is 20.1. The molecule has 1 rings (SSSR count). The van der Waals surface area contributed by atoms with Crippen LogP contribution < -0.4 is 16.0 Å². The van der Waals surface area contributed by atoms with E-state index >= 15 is 0 Å². The van der Waals surface area contributed by atoms with Crippen molar-refractivity contribution < 1.29 is 19.5 Å². The van der Waals surface area contributed by atoms with Gasteiger partial charge in [0.1, 0.15) is 0 Å². The van der Waals surface area contributed by atoms with Gasteiger partial charge in [-0.3, -0.25) is 9.59 Å². The van der Waals surface area contributed by atoms with Gasteiger partial charge in [-0.1, -0.05) is 20.8 Å². The summed E-state index contributed by atoms with van der Waals surface area (Å²) in [6.45, 7) is 6.36. The van der Waals surface area contributed by atoms with E-state index in [1.807, 2.05) is 20.8 Å². The summed E-state index contributed by atoms with van der Waals surface area (Å²) in [5, 5.41) is 17.0. The molecule has 1 heterocycles. The van der Waals surface area contributed by atoms with Crippen LogP contribution in [0.2, 0.25) is 0 Å². The molecule has 0 aliphatic carbocycles. The van der Waals surface area contributed by atoms with E-state index in [4.69, 9.17) is 5.11 Å². The first-order chi connectivity index (χ1) is 9.17. The number of amides is 3. The Bertz CT molecular complexity index is 390. The van der Waals surface area contributed by atoms with Crippen LogP contribution in [0.1, 0.15) is 33.6 Å². The maximum atomic E-state index is 11.6. The summed E-state index contributed by atoms with van der Waals surface area (Å²) in [5.41, 5.74) is -0.122. The maximum Gasteiger partial charge on any atom is 0.315 e. The largest absolute Gasteiger partial charge is 0.481 e. The van der Waals surface area contributed by atoms with Crippen molar-refractivity contribution in [3.05, 3.63) is 0 Å². The van der Waals surface area contributed by atoms with Crippen LogP contribution in [0.15, 0.2) is 0 Å². The van der Waals surface area contributed by atoms with Gasteiger partial charge >= 0.3 is 12.0 Å². The minimum absolute atomic E-state index is 0.0759. The van der Waals surface area contributed by atoms with Crippen LogP contribution in [0.25, 0.3) is 0 Å². The molecule has 1 aliphatic heterocycles. The van der Waals surface area contributed by atoms with E-state index in [1.165, 1.54) is 0 Å². The molecule has 0 aromatic rings. The number of urea groups is 1. The minimum atomic E-state index is -0.919. The van der Waals surface area contributed by atoms with Crippen molar-refractivity contribution >= 4 is 17.9 Å². The molecule has 1 aliphatic rings. The first-order valence-corrected chi connectivity index (χ1v) is 6.71. The molecule has 1 fully saturated rings. The van der Waals surface area contributed by atoms with Gasteiger partial charge in [0, 0.05) is 19.5 Å². The molecule has 2 unspecified atom stereocenters. The predicted molar refractivity (Wildman–Crippen MR) is 73.1 cm³/mol. The van der Waals surface area contributed by atoms with Gasteiger partial charge in [-0.05, 0) is 11.8 Å². The highest BCUT2D eigenvalue weighted by atomic mass is 16.4. The topological polar surface area (TPSA) is 108 Å². The average Bonchev–Trinajstić information content (AvgIpc) is 2.68. The second-order valence-corrected chi connectivity index (χ2v) is 6.36. The van der Waals surface area contributed by atoms with Crippen LogP contribution >= 0.6 is 0 Å². The Morgan fingerprint density at radius 3 is 2.55 bits per heavy atom. The summed E-state index contributed by atoms with van der Waals surface area (Å²) >= 11 is 0. The lowest BCUT2D eigenvalue weighted by Crippen LogP contribution is -2.45. The highest BCUT2D eigenvalue weighted by Crippen LogP contribution is 2.24. The number of carbonyl (C=O) groups is 3. The molecule has 1 saturated heterocycles. The summed E-state index contributed by atoms with van der Waals surface area (Å²) in [5.74, 6) is -1.63. The molecule has 0 aromatic carbocycles. The van der Waals surface area contributed by atoms with E-state index in [0.29, 0.717) is 13.0 Å². The monoisotopic (exact) mass is 285 g/mol. The van der Waals surface area contributed by atoms with Gasteiger partial charge in [0.25, 0.3) is 0 Å². The maximum absolute atomic E-state index is 11.6. The van der Waals surface area contributed by atoms with Gasteiger partial charge in [0.15, 0.2) is 0 Å². The van der Waals surface area contributed by atoms with Crippen LogP contribution in [-0.2, 0) is 9.59 Å². The molecule has 20 heavy (non-hydrogen) atoms. The minimum Gasteiger partial charge on any atom is -0.481 e. The standard InChI is InChI=1S/C13H23N3O4/c1-13(2,3)5-8(11(18)19)6-15-12(20)16-9-4-10(17)14-7-9/h8-9H,4-7H2,1-3H3,(H,14,17)(H,18,19)(H2,15,16,20). The first-order valence-electron chi connectivity index (χ1n) is 6.71. The van der Waals surface area contributed by atoms with Crippen molar-refractivity contribution in [2.45, 2.75) is 39.7 Å². The van der Waals surface area contributed by atoms with Crippen LogP contribution in [0.5, 0.6) is 0 Å². The molecule has 7 nitrogen and oxygen atoms in total. The highest BCUT2D eigenvalue weighted by molar-refractivity contribution is 5.81. The Kier molecular flexibility index (Phi) is 5.35. The van der Waals surface area contributed by atoms with Gasteiger partial charge in [0.05, 0.1) is 12.0 Å². The Hall–Kier alpha value is -1.79. The molecule has 0 radical (unpaired) electrons. The molecule has 4 N–H and O–H groups in total. The quantitative estimate of drug-likeness (QED) is 0.583. The predicted octanol–water partition coefficient (Wildman–Crippen LogP) is 0.311. The zero-order chi connectivity index (χ0) is 15.3. The summed E-state index contributed by atoms with van der Waals surface area (Å²) < 4.78 is 0. The molecular formula is C13H23N3O4. The molecule has 3 amide bonds. The van der Waals surface area contributed by atoms with Gasteiger partial charge in [-0.2, -0.15) is 0 Å². The highest BCUT2D eigenvalue weighted by Gasteiger charge is 2.26. The molecule has 114 valence electrons. The van der Waals surface area contributed by atoms with Crippen molar-refractivity contribution in [2.24, 2.45) is 11.3 Å². The third kappa shape index (κ3) is 5.90. The van der Waals surface area contributed by atoms with Crippen LogP contribution in [-0.4, -0.2) is 42.1 Å². The van der Waals surface area contributed by atoms with E-state index in [1.54, 1.807) is 0 Å². The van der Waals surface area contributed by atoms with Crippen molar-refractivity contribution in [2.75, 3.05) is 13.1 Å². The number of carbonyl (C=O) groups excluding carboxylic acids is 2. The summed E-state index contributed by atoms with van der Waals surface area (Å²) in [7, 11) is 0. The van der Waals surface area contributed by atoms with E-state index in [-0.39, 0.29) is 30.3 Å². The summed E-state index contributed by atoms with van der Waals surface area (Å²) in [6, 6.07) is -0.667. The fourth-order valence-electron chi connectivity index (χ4n) is 2.15. The van der Waals surface area contributed by atoms with Gasteiger partial charge in [-0.15, -0.1) is 0 Å². The van der Waals surface area contributed by atoms with Crippen LogP contribution in [0.3, 0.4) is 0 Å². The fourth-order valence-corrected chi connectivity index (χ4v) is 2.15. The Labute approximate surface area is 118 Å². The van der Waals surface area contributed by atoms with Crippen molar-refractivity contribution in [1.29, 1.82) is 0 Å². The van der Waals surface area contributed by atoms with Gasteiger partial charge in [-0.25, -0.2) is 4.79 Å². The average molecular weight is 285 g/mol. The van der Waals surface area contributed by atoms with E-state index in [0.717, 1.165) is 0 Å².